The highest BCUT2D eigenvalue weighted by molar-refractivity contribution is 7.91. The van der Waals surface area contributed by atoms with E-state index in [0.29, 0.717) is 18.4 Å². The van der Waals surface area contributed by atoms with Crippen molar-refractivity contribution in [3.63, 3.8) is 0 Å². The molecule has 2 aliphatic heterocycles. The fourth-order valence-corrected chi connectivity index (χ4v) is 4.97. The number of rotatable bonds is 7. The molecule has 2 saturated heterocycles. The van der Waals surface area contributed by atoms with Gasteiger partial charge in [0.05, 0.1) is 23.6 Å². The predicted molar refractivity (Wildman–Crippen MR) is 111 cm³/mol. The molecule has 8 nitrogen and oxygen atoms in total. The van der Waals surface area contributed by atoms with Crippen LogP contribution < -0.4 is 5.46 Å². The lowest BCUT2D eigenvalue weighted by Crippen LogP contribution is -2.42. The van der Waals surface area contributed by atoms with Gasteiger partial charge in [-0.2, -0.15) is 0 Å². The van der Waals surface area contributed by atoms with Crippen LogP contribution in [0.1, 0.15) is 53.4 Å². The lowest BCUT2D eigenvalue weighted by molar-refractivity contribution is 0.00578. The van der Waals surface area contributed by atoms with Crippen LogP contribution in [0, 0.1) is 0 Å². The van der Waals surface area contributed by atoms with Crippen molar-refractivity contribution in [3.8, 4) is 0 Å². The number of aliphatic hydroxyl groups excluding tert-OH is 1. The zero-order valence-corrected chi connectivity index (χ0v) is 18.6. The molecule has 0 bridgehead atoms. The third-order valence-electron chi connectivity index (χ3n) is 6.31. The molecule has 0 aliphatic carbocycles. The fourth-order valence-electron chi connectivity index (χ4n) is 3.78. The first-order valence-electron chi connectivity index (χ1n) is 10.3. The molecule has 2 aliphatic rings. The van der Waals surface area contributed by atoms with Crippen molar-refractivity contribution >= 4 is 22.4 Å². The van der Waals surface area contributed by atoms with E-state index in [1.807, 2.05) is 27.7 Å². The van der Waals surface area contributed by atoms with Crippen molar-refractivity contribution < 1.29 is 22.8 Å². The van der Waals surface area contributed by atoms with Crippen molar-refractivity contribution in [2.24, 2.45) is 0 Å². The zero-order chi connectivity index (χ0) is 21.3. The molecule has 2 fully saturated rings. The number of hydrogen-bond acceptors (Lipinski definition) is 8. The second-order valence-electron chi connectivity index (χ2n) is 8.90. The number of piperidine rings is 1. The first kappa shape index (κ1) is 22.6. The van der Waals surface area contributed by atoms with Crippen LogP contribution in [0.5, 0.6) is 0 Å². The molecule has 3 heterocycles. The van der Waals surface area contributed by atoms with Gasteiger partial charge in [0.2, 0.25) is 15.0 Å². The number of sulfone groups is 1. The Morgan fingerprint density at radius 2 is 1.79 bits per heavy atom. The van der Waals surface area contributed by atoms with Gasteiger partial charge < -0.3 is 14.4 Å². The van der Waals surface area contributed by atoms with Crippen molar-refractivity contribution in [2.75, 3.05) is 25.4 Å². The molecule has 10 heteroatoms. The third-order valence-corrected chi connectivity index (χ3v) is 7.85. The number of aliphatic hydroxyl groups is 1. The molecule has 1 N–H and O–H groups in total. The summed E-state index contributed by atoms with van der Waals surface area (Å²) >= 11 is 0. The Morgan fingerprint density at radius 1 is 1.17 bits per heavy atom. The lowest BCUT2D eigenvalue weighted by Gasteiger charge is -2.35. The van der Waals surface area contributed by atoms with Crippen LogP contribution in [-0.4, -0.2) is 78.2 Å². The van der Waals surface area contributed by atoms with Crippen LogP contribution in [0.4, 0.5) is 0 Å². The summed E-state index contributed by atoms with van der Waals surface area (Å²) in [6.45, 7) is 9.41. The Kier molecular flexibility index (Phi) is 6.70. The molecule has 1 aromatic heterocycles. The van der Waals surface area contributed by atoms with E-state index in [1.165, 1.54) is 12.4 Å². The van der Waals surface area contributed by atoms with Gasteiger partial charge in [0.1, 0.15) is 0 Å². The van der Waals surface area contributed by atoms with Crippen molar-refractivity contribution in [1.82, 2.24) is 14.9 Å². The van der Waals surface area contributed by atoms with Gasteiger partial charge in [-0.3, -0.25) is 4.90 Å². The minimum atomic E-state index is -3.58. The minimum absolute atomic E-state index is 0.00453. The summed E-state index contributed by atoms with van der Waals surface area (Å²) in [4.78, 5) is 10.4. The van der Waals surface area contributed by atoms with Gasteiger partial charge >= 0.3 is 7.12 Å². The van der Waals surface area contributed by atoms with Gasteiger partial charge in [0, 0.05) is 30.4 Å². The van der Waals surface area contributed by atoms with Crippen LogP contribution in [-0.2, 0) is 19.1 Å². The average Bonchev–Trinajstić information content (AvgIpc) is 2.89. The molecule has 0 saturated carbocycles. The summed E-state index contributed by atoms with van der Waals surface area (Å²) in [6, 6.07) is 0.176. The zero-order valence-electron chi connectivity index (χ0n) is 17.8. The Bertz CT molecular complexity index is 783. The molecule has 0 unspecified atom stereocenters. The monoisotopic (exact) mass is 425 g/mol. The third kappa shape index (κ3) is 4.99. The predicted octanol–water partition coefficient (Wildman–Crippen LogP) is 0.786. The first-order chi connectivity index (χ1) is 13.6. The summed E-state index contributed by atoms with van der Waals surface area (Å²) < 4.78 is 37.4. The summed E-state index contributed by atoms with van der Waals surface area (Å²) in [5, 5.41) is 9.06. The second-order valence-corrected chi connectivity index (χ2v) is 10.9. The van der Waals surface area contributed by atoms with Crippen molar-refractivity contribution in [1.29, 1.82) is 0 Å². The molecule has 3 rings (SSSR count). The Balaban J connectivity index is 1.64. The minimum Gasteiger partial charge on any atom is -0.399 e. The normalized spacial score (nSPS) is 24.7. The first-order valence-corrected chi connectivity index (χ1v) is 12.0. The average molecular weight is 425 g/mol. The van der Waals surface area contributed by atoms with E-state index in [1.54, 1.807) is 0 Å². The highest BCUT2D eigenvalue weighted by Crippen LogP contribution is 2.36. The highest BCUT2D eigenvalue weighted by atomic mass is 32.2. The van der Waals surface area contributed by atoms with E-state index in [4.69, 9.17) is 9.31 Å². The highest BCUT2D eigenvalue weighted by Gasteiger charge is 2.52. The molecular weight excluding hydrogens is 393 g/mol. The maximum Gasteiger partial charge on any atom is 0.498 e. The largest absolute Gasteiger partial charge is 0.498 e. The van der Waals surface area contributed by atoms with E-state index in [9.17, 15) is 13.5 Å². The SMILES string of the molecule is CC1(C)OB(c2cnc(S(=O)(=O)CC[C@@H]3CCCCN3CCO)nc2)OC1(C)C. The Labute approximate surface area is 174 Å². The number of β-amino-alcohol motifs (C(OH)–C–C–N with tert-alkyl or cyclic N) is 1. The smallest absolute Gasteiger partial charge is 0.399 e. The van der Waals surface area contributed by atoms with Gasteiger partial charge in [-0.15, -0.1) is 0 Å². The van der Waals surface area contributed by atoms with E-state index < -0.39 is 28.2 Å². The number of likely N-dealkylation sites (tertiary alicyclic amines) is 1. The van der Waals surface area contributed by atoms with E-state index in [2.05, 4.69) is 14.9 Å². The van der Waals surface area contributed by atoms with E-state index >= 15 is 0 Å². The van der Waals surface area contributed by atoms with Gasteiger partial charge in [-0.25, -0.2) is 18.4 Å². The van der Waals surface area contributed by atoms with Crippen LogP contribution >= 0.6 is 0 Å². The summed E-state index contributed by atoms with van der Waals surface area (Å²) in [6.07, 6.45) is 6.60. The maximum absolute atomic E-state index is 12.7. The lowest BCUT2D eigenvalue weighted by atomic mass is 9.81. The maximum atomic E-state index is 12.7. The van der Waals surface area contributed by atoms with Crippen LogP contribution in [0.15, 0.2) is 17.6 Å². The molecule has 29 heavy (non-hydrogen) atoms. The fraction of sp³-hybridized carbons (Fsp3) is 0.789. The Morgan fingerprint density at radius 3 is 2.38 bits per heavy atom. The molecule has 0 radical (unpaired) electrons. The van der Waals surface area contributed by atoms with Gasteiger partial charge in [0.15, 0.2) is 0 Å². The van der Waals surface area contributed by atoms with Crippen LogP contribution in [0.3, 0.4) is 0 Å². The quantitative estimate of drug-likeness (QED) is 0.505. The molecule has 0 spiro atoms. The molecule has 0 amide bonds. The molecular formula is C19H32BN3O5S. The van der Waals surface area contributed by atoms with Crippen molar-refractivity contribution in [2.45, 2.75) is 75.8 Å². The molecule has 1 atom stereocenters. The van der Waals surface area contributed by atoms with Crippen LogP contribution in [0.2, 0.25) is 0 Å². The van der Waals surface area contributed by atoms with Gasteiger partial charge in [-0.1, -0.05) is 6.42 Å². The number of hydrogen-bond donors (Lipinski definition) is 1. The number of aromatic nitrogens is 2. The standard InChI is InChI=1S/C19H32BN3O5S/c1-18(2)19(3,4)28-20(27-18)15-13-21-17(22-14-15)29(25,26)12-8-16-7-5-6-9-23(16)10-11-24/h13-14,16,24H,5-12H2,1-4H3/t16-/m0/s1. The summed E-state index contributed by atoms with van der Waals surface area (Å²) in [5.41, 5.74) is -0.366. The second kappa shape index (κ2) is 8.59. The Hall–Kier alpha value is -1.07. The van der Waals surface area contributed by atoms with E-state index in [-0.39, 0.29) is 23.6 Å². The van der Waals surface area contributed by atoms with Crippen molar-refractivity contribution in [3.05, 3.63) is 12.4 Å². The van der Waals surface area contributed by atoms with Gasteiger partial charge in [-0.05, 0) is 53.5 Å². The molecule has 1 aromatic rings. The molecule has 0 aromatic carbocycles. The topological polar surface area (TPSA) is 102 Å². The summed E-state index contributed by atoms with van der Waals surface area (Å²) in [5.74, 6) is -0.00453. The summed E-state index contributed by atoms with van der Waals surface area (Å²) in [7, 11) is -4.20. The van der Waals surface area contributed by atoms with Gasteiger partial charge in [0.25, 0.3) is 0 Å². The van der Waals surface area contributed by atoms with E-state index in [0.717, 1.165) is 25.8 Å². The molecule has 162 valence electrons. The van der Waals surface area contributed by atoms with Crippen LogP contribution in [0.25, 0.3) is 0 Å². The number of nitrogens with zero attached hydrogens (tertiary/aromatic N) is 3.